The lowest BCUT2D eigenvalue weighted by Gasteiger charge is -2.21. The average Bonchev–Trinajstić information content (AvgIpc) is 2.78. The van der Waals surface area contributed by atoms with Crippen molar-refractivity contribution in [3.63, 3.8) is 0 Å². The summed E-state index contributed by atoms with van der Waals surface area (Å²) >= 11 is 6.31. The quantitative estimate of drug-likeness (QED) is 0.759. The van der Waals surface area contributed by atoms with Gasteiger partial charge in [0.1, 0.15) is 0 Å². The van der Waals surface area contributed by atoms with Crippen molar-refractivity contribution >= 4 is 11.6 Å². The van der Waals surface area contributed by atoms with Crippen LogP contribution in [0.25, 0.3) is 0 Å². The fourth-order valence-corrected chi connectivity index (χ4v) is 2.40. The number of ether oxygens (including phenoxy) is 1. The molecule has 0 aliphatic rings. The molecule has 2 unspecified atom stereocenters. The number of halogens is 1. The third kappa shape index (κ3) is 5.05. The highest BCUT2D eigenvalue weighted by atomic mass is 35.5. The molecular weight excluding hydrogens is 276 g/mol. The minimum atomic E-state index is 0.199. The minimum Gasteiger partial charge on any atom is -0.382 e. The van der Waals surface area contributed by atoms with Crippen molar-refractivity contribution < 1.29 is 4.74 Å². The topological polar surface area (TPSA) is 42.3 Å². The summed E-state index contributed by atoms with van der Waals surface area (Å²) < 4.78 is 7.31. The van der Waals surface area contributed by atoms with Gasteiger partial charge in [0, 0.05) is 13.7 Å². The van der Waals surface area contributed by atoms with Crippen molar-refractivity contribution in [2.75, 3.05) is 34.8 Å². The monoisotopic (exact) mass is 302 g/mol. The predicted octanol–water partition coefficient (Wildman–Crippen LogP) is 2.17. The Morgan fingerprint density at radius 3 is 2.70 bits per heavy atom. The maximum atomic E-state index is 6.31. The molecule has 0 amide bonds. The summed E-state index contributed by atoms with van der Waals surface area (Å²) in [5, 5.41) is 8.46. The first-order chi connectivity index (χ1) is 9.49. The van der Waals surface area contributed by atoms with Crippen molar-refractivity contribution in [2.45, 2.75) is 38.5 Å². The van der Waals surface area contributed by atoms with Crippen LogP contribution < -0.4 is 5.32 Å². The van der Waals surface area contributed by atoms with Crippen LogP contribution >= 0.6 is 11.6 Å². The van der Waals surface area contributed by atoms with E-state index in [1.807, 2.05) is 11.7 Å². The van der Waals surface area contributed by atoms with Crippen LogP contribution in [-0.2, 0) is 11.3 Å². The zero-order valence-corrected chi connectivity index (χ0v) is 13.9. The first kappa shape index (κ1) is 17.4. The van der Waals surface area contributed by atoms with Gasteiger partial charge in [-0.3, -0.25) is 4.68 Å². The van der Waals surface area contributed by atoms with E-state index in [-0.39, 0.29) is 12.1 Å². The van der Waals surface area contributed by atoms with Crippen LogP contribution in [-0.4, -0.2) is 55.6 Å². The van der Waals surface area contributed by atoms with Crippen LogP contribution in [0.1, 0.15) is 31.5 Å². The van der Waals surface area contributed by atoms with Gasteiger partial charge in [0.2, 0.25) is 0 Å². The summed E-state index contributed by atoms with van der Waals surface area (Å²) in [7, 11) is 7.82. The van der Waals surface area contributed by atoms with E-state index in [4.69, 9.17) is 16.3 Å². The van der Waals surface area contributed by atoms with Gasteiger partial charge in [-0.15, -0.1) is 0 Å². The highest BCUT2D eigenvalue weighted by Crippen LogP contribution is 2.26. The van der Waals surface area contributed by atoms with Gasteiger partial charge in [-0.05, 0) is 40.9 Å². The van der Waals surface area contributed by atoms with E-state index in [1.165, 1.54) is 0 Å². The Kier molecular flexibility index (Phi) is 7.51. The molecule has 0 aliphatic heterocycles. The smallest absolute Gasteiger partial charge is 0.0834 e. The maximum Gasteiger partial charge on any atom is 0.0834 e. The average molecular weight is 303 g/mol. The number of methoxy groups -OCH3 is 1. The Morgan fingerprint density at radius 2 is 2.15 bits per heavy atom. The molecule has 1 heterocycles. The third-order valence-electron chi connectivity index (χ3n) is 3.54. The molecule has 0 aromatic carbocycles. The van der Waals surface area contributed by atoms with Crippen LogP contribution in [0.15, 0.2) is 6.20 Å². The van der Waals surface area contributed by atoms with Crippen LogP contribution in [0.5, 0.6) is 0 Å². The van der Waals surface area contributed by atoms with Crippen LogP contribution in [0, 0.1) is 0 Å². The van der Waals surface area contributed by atoms with Crippen molar-refractivity contribution in [1.29, 1.82) is 0 Å². The van der Waals surface area contributed by atoms with E-state index in [2.05, 4.69) is 36.3 Å². The maximum absolute atomic E-state index is 6.31. The summed E-state index contributed by atoms with van der Waals surface area (Å²) in [5.41, 5.74) is 1.07. The summed E-state index contributed by atoms with van der Waals surface area (Å²) in [4.78, 5) is 2.14. The second-order valence-electron chi connectivity index (χ2n) is 5.37. The Bertz CT molecular complexity index is 395. The zero-order chi connectivity index (χ0) is 15.1. The second kappa shape index (κ2) is 8.62. The second-order valence-corrected chi connectivity index (χ2v) is 5.78. The summed E-state index contributed by atoms with van der Waals surface area (Å²) in [5.74, 6) is 0. The Labute approximate surface area is 127 Å². The standard InChI is InChI=1S/C14H27ClN4O/c1-11(20-5)6-7-13(16-2)14-12(15)10-17-19(14)9-8-18(3)4/h10-11,13,16H,6-9H2,1-5H3. The Morgan fingerprint density at radius 1 is 1.45 bits per heavy atom. The highest BCUT2D eigenvalue weighted by molar-refractivity contribution is 6.31. The van der Waals surface area contributed by atoms with Gasteiger partial charge in [-0.25, -0.2) is 0 Å². The van der Waals surface area contributed by atoms with Crippen LogP contribution in [0.4, 0.5) is 0 Å². The van der Waals surface area contributed by atoms with Gasteiger partial charge >= 0.3 is 0 Å². The van der Waals surface area contributed by atoms with Crippen molar-refractivity contribution in [1.82, 2.24) is 20.0 Å². The number of hydrogen-bond acceptors (Lipinski definition) is 4. The molecule has 1 aromatic heterocycles. The third-order valence-corrected chi connectivity index (χ3v) is 3.83. The van der Waals surface area contributed by atoms with E-state index < -0.39 is 0 Å². The molecule has 1 rings (SSSR count). The molecule has 0 spiro atoms. The van der Waals surface area contributed by atoms with Crippen LogP contribution in [0.2, 0.25) is 5.02 Å². The van der Waals surface area contributed by atoms with E-state index >= 15 is 0 Å². The molecule has 6 heteroatoms. The SMILES string of the molecule is CNC(CCC(C)OC)c1c(Cl)cnn1CCN(C)C. The van der Waals surface area contributed by atoms with Gasteiger partial charge in [0.25, 0.3) is 0 Å². The molecule has 1 aromatic rings. The van der Waals surface area contributed by atoms with Crippen molar-refractivity contribution in [2.24, 2.45) is 0 Å². The molecule has 0 saturated carbocycles. The number of nitrogens with zero attached hydrogens (tertiary/aromatic N) is 3. The first-order valence-electron chi connectivity index (χ1n) is 7.05. The van der Waals surface area contributed by atoms with Gasteiger partial charge in [0.05, 0.1) is 35.6 Å². The van der Waals surface area contributed by atoms with E-state index in [9.17, 15) is 0 Å². The molecule has 0 radical (unpaired) electrons. The largest absolute Gasteiger partial charge is 0.382 e. The number of likely N-dealkylation sites (N-methyl/N-ethyl adjacent to an activating group) is 1. The molecule has 0 saturated heterocycles. The van der Waals surface area contributed by atoms with E-state index in [1.54, 1.807) is 13.3 Å². The van der Waals surface area contributed by atoms with Crippen molar-refractivity contribution in [3.05, 3.63) is 16.9 Å². The molecule has 0 bridgehead atoms. The number of aromatic nitrogens is 2. The fraction of sp³-hybridized carbons (Fsp3) is 0.786. The molecule has 0 aliphatic carbocycles. The molecule has 20 heavy (non-hydrogen) atoms. The minimum absolute atomic E-state index is 0.199. The molecule has 116 valence electrons. The number of rotatable bonds is 9. The molecular formula is C14H27ClN4O. The number of hydrogen-bond donors (Lipinski definition) is 1. The van der Waals surface area contributed by atoms with E-state index in [0.29, 0.717) is 0 Å². The lowest BCUT2D eigenvalue weighted by Crippen LogP contribution is -2.25. The molecule has 1 N–H and O–H groups in total. The highest BCUT2D eigenvalue weighted by Gasteiger charge is 2.19. The lowest BCUT2D eigenvalue weighted by atomic mass is 10.1. The number of nitrogens with one attached hydrogen (secondary N) is 1. The predicted molar refractivity (Wildman–Crippen MR) is 83.3 cm³/mol. The summed E-state index contributed by atoms with van der Waals surface area (Å²) in [6.07, 6.45) is 3.94. The Hall–Kier alpha value is -0.620. The zero-order valence-electron chi connectivity index (χ0n) is 13.2. The Balaban J connectivity index is 2.77. The van der Waals surface area contributed by atoms with Gasteiger partial charge in [0.15, 0.2) is 0 Å². The van der Waals surface area contributed by atoms with Gasteiger partial charge in [-0.1, -0.05) is 11.6 Å². The van der Waals surface area contributed by atoms with Gasteiger partial charge < -0.3 is 15.0 Å². The fourth-order valence-electron chi connectivity index (χ4n) is 2.13. The van der Waals surface area contributed by atoms with Crippen molar-refractivity contribution in [3.8, 4) is 0 Å². The van der Waals surface area contributed by atoms with Gasteiger partial charge in [-0.2, -0.15) is 5.10 Å². The normalized spacial score (nSPS) is 14.8. The molecule has 2 atom stereocenters. The summed E-state index contributed by atoms with van der Waals surface area (Å²) in [6, 6.07) is 0.199. The van der Waals surface area contributed by atoms with E-state index in [0.717, 1.165) is 36.6 Å². The van der Waals surface area contributed by atoms with Crippen LogP contribution in [0.3, 0.4) is 0 Å². The summed E-state index contributed by atoms with van der Waals surface area (Å²) in [6.45, 7) is 3.86. The molecule has 0 fully saturated rings. The lowest BCUT2D eigenvalue weighted by molar-refractivity contribution is 0.106. The first-order valence-corrected chi connectivity index (χ1v) is 7.43. The molecule has 5 nitrogen and oxygen atoms in total.